The molecule has 2 heterocycles. The van der Waals surface area contributed by atoms with E-state index >= 15 is 0 Å². The predicted octanol–water partition coefficient (Wildman–Crippen LogP) is 3.84. The number of hydrogen-bond acceptors (Lipinski definition) is 5. The molecule has 0 fully saturated rings. The van der Waals surface area contributed by atoms with Crippen molar-refractivity contribution < 1.29 is 19.1 Å². The first-order chi connectivity index (χ1) is 14.5. The van der Waals surface area contributed by atoms with Crippen molar-refractivity contribution >= 4 is 29.1 Å². The molecule has 150 valence electrons. The van der Waals surface area contributed by atoms with Crippen molar-refractivity contribution in [1.82, 2.24) is 4.98 Å². The van der Waals surface area contributed by atoms with Gasteiger partial charge in [-0.1, -0.05) is 18.2 Å². The van der Waals surface area contributed by atoms with Gasteiger partial charge in [-0.3, -0.25) is 19.4 Å². The average Bonchev–Trinajstić information content (AvgIpc) is 3.00. The first kappa shape index (κ1) is 19.3. The average molecular weight is 401 g/mol. The van der Waals surface area contributed by atoms with Gasteiger partial charge >= 0.3 is 0 Å². The van der Waals surface area contributed by atoms with E-state index in [-0.39, 0.29) is 17.5 Å². The lowest BCUT2D eigenvalue weighted by Gasteiger charge is -2.19. The maximum Gasteiger partial charge on any atom is 0.274 e. The molecule has 0 saturated carbocycles. The minimum Gasteiger partial charge on any atom is -0.492 e. The second-order valence-corrected chi connectivity index (χ2v) is 6.73. The molecule has 0 unspecified atom stereocenters. The molecule has 1 aromatic heterocycles. The fraction of sp³-hybridized carbons (Fsp3) is 0.130. The lowest BCUT2D eigenvalue weighted by Crippen LogP contribution is -2.30. The number of aryl methyl sites for hydroxylation is 1. The monoisotopic (exact) mass is 401 g/mol. The summed E-state index contributed by atoms with van der Waals surface area (Å²) in [4.78, 5) is 43.5. The third-order valence-electron chi connectivity index (χ3n) is 4.78. The summed E-state index contributed by atoms with van der Waals surface area (Å²) in [6, 6.07) is 15.1. The summed E-state index contributed by atoms with van der Waals surface area (Å²) in [7, 11) is 0. The van der Waals surface area contributed by atoms with Crippen LogP contribution in [0.25, 0.3) is 0 Å². The van der Waals surface area contributed by atoms with Gasteiger partial charge in [0.15, 0.2) is 0 Å². The Balaban J connectivity index is 1.68. The molecule has 0 radical (unpaired) electrons. The molecule has 3 amide bonds. The zero-order chi connectivity index (χ0) is 21.3. The van der Waals surface area contributed by atoms with Crippen molar-refractivity contribution in [3.05, 3.63) is 83.2 Å². The van der Waals surface area contributed by atoms with Crippen molar-refractivity contribution in [3.8, 4) is 5.75 Å². The van der Waals surface area contributed by atoms with Gasteiger partial charge in [-0.05, 0) is 49.7 Å². The molecule has 7 heteroatoms. The summed E-state index contributed by atoms with van der Waals surface area (Å²) in [5.74, 6) is -0.838. The molecule has 30 heavy (non-hydrogen) atoms. The van der Waals surface area contributed by atoms with E-state index in [1.807, 2.05) is 0 Å². The summed E-state index contributed by atoms with van der Waals surface area (Å²) in [5.41, 5.74) is 2.58. The minimum absolute atomic E-state index is 0.273. The van der Waals surface area contributed by atoms with Crippen LogP contribution in [0, 0.1) is 6.92 Å². The highest BCUT2D eigenvalue weighted by molar-refractivity contribution is 6.35. The van der Waals surface area contributed by atoms with Crippen LogP contribution in [0.3, 0.4) is 0 Å². The molecule has 2 aromatic carbocycles. The lowest BCUT2D eigenvalue weighted by atomic mass is 10.0. The largest absolute Gasteiger partial charge is 0.492 e. The Kier molecular flexibility index (Phi) is 5.02. The number of aromatic nitrogens is 1. The third kappa shape index (κ3) is 3.30. The highest BCUT2D eigenvalue weighted by Gasteiger charge is 2.39. The molecule has 0 atom stereocenters. The van der Waals surface area contributed by atoms with Crippen LogP contribution < -0.4 is 15.0 Å². The van der Waals surface area contributed by atoms with E-state index in [1.165, 1.54) is 6.20 Å². The van der Waals surface area contributed by atoms with Crippen molar-refractivity contribution in [3.63, 3.8) is 0 Å². The quantitative estimate of drug-likeness (QED) is 0.656. The molecule has 4 rings (SSSR count). The van der Waals surface area contributed by atoms with Crippen molar-refractivity contribution in [1.29, 1.82) is 0 Å². The van der Waals surface area contributed by atoms with Gasteiger partial charge in [0.25, 0.3) is 17.7 Å². The zero-order valence-corrected chi connectivity index (χ0v) is 16.5. The normalized spacial score (nSPS) is 12.7. The molecule has 0 saturated heterocycles. The van der Waals surface area contributed by atoms with Crippen LogP contribution in [0.15, 0.2) is 60.8 Å². The standard InChI is InChI=1S/C23H19N3O4/c1-3-30-19-13-15(25-21(27)17-9-4-5-12-24-17)10-11-18(19)26-22(28)16-8-6-7-14(2)20(16)23(26)29/h4-13H,3H2,1-2H3,(H,25,27). The van der Waals surface area contributed by atoms with Crippen LogP contribution in [-0.4, -0.2) is 29.3 Å². The van der Waals surface area contributed by atoms with Gasteiger partial charge in [-0.2, -0.15) is 0 Å². The van der Waals surface area contributed by atoms with E-state index in [0.29, 0.717) is 34.9 Å². The van der Waals surface area contributed by atoms with Crippen LogP contribution in [0.1, 0.15) is 43.7 Å². The number of carbonyl (C=O) groups excluding carboxylic acids is 3. The fourth-order valence-electron chi connectivity index (χ4n) is 3.41. The van der Waals surface area contributed by atoms with E-state index in [4.69, 9.17) is 4.74 Å². The van der Waals surface area contributed by atoms with Crippen LogP contribution in [0.5, 0.6) is 5.75 Å². The van der Waals surface area contributed by atoms with Crippen molar-refractivity contribution in [2.45, 2.75) is 13.8 Å². The van der Waals surface area contributed by atoms with Gasteiger partial charge < -0.3 is 10.1 Å². The van der Waals surface area contributed by atoms with Crippen molar-refractivity contribution in [2.24, 2.45) is 0 Å². The highest BCUT2D eigenvalue weighted by Crippen LogP contribution is 2.37. The van der Waals surface area contributed by atoms with Gasteiger partial charge in [0.2, 0.25) is 0 Å². The summed E-state index contributed by atoms with van der Waals surface area (Å²) in [5, 5.41) is 2.75. The number of benzene rings is 2. The van der Waals surface area contributed by atoms with Gasteiger partial charge in [0, 0.05) is 18.0 Å². The first-order valence-corrected chi connectivity index (χ1v) is 9.49. The SMILES string of the molecule is CCOc1cc(NC(=O)c2ccccn2)ccc1N1C(=O)c2cccc(C)c2C1=O. The van der Waals surface area contributed by atoms with Gasteiger partial charge in [-0.15, -0.1) is 0 Å². The van der Waals surface area contributed by atoms with E-state index in [9.17, 15) is 14.4 Å². The number of pyridine rings is 1. The zero-order valence-electron chi connectivity index (χ0n) is 16.5. The maximum absolute atomic E-state index is 13.0. The fourth-order valence-corrected chi connectivity index (χ4v) is 3.41. The highest BCUT2D eigenvalue weighted by atomic mass is 16.5. The molecule has 1 aliphatic heterocycles. The summed E-state index contributed by atoms with van der Waals surface area (Å²) < 4.78 is 5.69. The number of nitrogens with one attached hydrogen (secondary N) is 1. The Morgan fingerprint density at radius 2 is 1.90 bits per heavy atom. The molecule has 0 bridgehead atoms. The molecule has 0 spiro atoms. The topological polar surface area (TPSA) is 88.6 Å². The van der Waals surface area contributed by atoms with E-state index < -0.39 is 5.91 Å². The predicted molar refractivity (Wildman–Crippen MR) is 112 cm³/mol. The lowest BCUT2D eigenvalue weighted by molar-refractivity contribution is 0.0923. The second-order valence-electron chi connectivity index (χ2n) is 6.73. The molecule has 1 N–H and O–H groups in total. The van der Waals surface area contributed by atoms with Crippen LogP contribution in [-0.2, 0) is 0 Å². The maximum atomic E-state index is 13.0. The summed E-state index contributed by atoms with van der Waals surface area (Å²) in [6.07, 6.45) is 1.54. The first-order valence-electron chi connectivity index (χ1n) is 9.49. The van der Waals surface area contributed by atoms with Gasteiger partial charge in [-0.25, -0.2) is 4.90 Å². The molecule has 7 nitrogen and oxygen atoms in total. The second kappa shape index (κ2) is 7.79. The number of anilines is 2. The van der Waals surface area contributed by atoms with Gasteiger partial charge in [0.1, 0.15) is 11.4 Å². The number of hydrogen-bond donors (Lipinski definition) is 1. The molecule has 3 aromatic rings. The van der Waals surface area contributed by atoms with Crippen LogP contribution in [0.4, 0.5) is 11.4 Å². The van der Waals surface area contributed by atoms with Crippen LogP contribution >= 0.6 is 0 Å². The number of nitrogens with zero attached hydrogens (tertiary/aromatic N) is 2. The number of ether oxygens (including phenoxy) is 1. The molecule has 1 aliphatic rings. The van der Waals surface area contributed by atoms with E-state index in [2.05, 4.69) is 10.3 Å². The number of fused-ring (bicyclic) bond motifs is 1. The Morgan fingerprint density at radius 1 is 1.07 bits per heavy atom. The number of carbonyl (C=O) groups is 3. The Labute approximate surface area is 173 Å². The molecular weight excluding hydrogens is 382 g/mol. The number of imide groups is 1. The van der Waals surface area contributed by atoms with E-state index in [1.54, 1.807) is 68.4 Å². The molecular formula is C23H19N3O4. The summed E-state index contributed by atoms with van der Waals surface area (Å²) in [6.45, 7) is 3.93. The smallest absolute Gasteiger partial charge is 0.274 e. The van der Waals surface area contributed by atoms with E-state index in [0.717, 1.165) is 10.5 Å². The summed E-state index contributed by atoms with van der Waals surface area (Å²) >= 11 is 0. The Bertz CT molecular complexity index is 1160. The number of rotatable bonds is 5. The van der Waals surface area contributed by atoms with Gasteiger partial charge in [0.05, 0.1) is 23.4 Å². The Hall–Kier alpha value is -4.00. The van der Waals surface area contributed by atoms with Crippen molar-refractivity contribution in [2.75, 3.05) is 16.8 Å². The molecule has 0 aliphatic carbocycles. The Morgan fingerprint density at radius 3 is 2.60 bits per heavy atom. The third-order valence-corrected chi connectivity index (χ3v) is 4.78. The van der Waals surface area contributed by atoms with Crippen LogP contribution in [0.2, 0.25) is 0 Å². The minimum atomic E-state index is -0.398. The number of amides is 3.